The largest absolute Gasteiger partial charge is 0.355 e. The molecule has 22 heavy (non-hydrogen) atoms. The van der Waals surface area contributed by atoms with Crippen LogP contribution < -0.4 is 5.32 Å². The molecule has 2 nitrogen and oxygen atoms in total. The average Bonchev–Trinajstić information content (AvgIpc) is 2.48. The Kier molecular flexibility index (Phi) is 5.35. The zero-order chi connectivity index (χ0) is 16.2. The van der Waals surface area contributed by atoms with Crippen LogP contribution in [0, 0.1) is 5.82 Å². The molecule has 2 rings (SSSR count). The monoisotopic (exact) mass is 363 g/mol. The summed E-state index contributed by atoms with van der Waals surface area (Å²) >= 11 is 3.37. The Balaban J connectivity index is 1.92. The number of amides is 1. The Labute approximate surface area is 138 Å². The molecule has 0 spiro atoms. The molecule has 116 valence electrons. The summed E-state index contributed by atoms with van der Waals surface area (Å²) in [6.07, 6.45) is 0.354. The van der Waals surface area contributed by atoms with Crippen LogP contribution in [0.4, 0.5) is 4.39 Å². The minimum Gasteiger partial charge on any atom is -0.355 e. The van der Waals surface area contributed by atoms with Gasteiger partial charge in [0.15, 0.2) is 0 Å². The quantitative estimate of drug-likeness (QED) is 0.846. The second-order valence-electron chi connectivity index (χ2n) is 5.97. The maximum absolute atomic E-state index is 13.0. The van der Waals surface area contributed by atoms with Gasteiger partial charge in [0.2, 0.25) is 5.91 Å². The smallest absolute Gasteiger partial charge is 0.224 e. The molecule has 0 bridgehead atoms. The van der Waals surface area contributed by atoms with Crippen molar-refractivity contribution in [1.82, 2.24) is 5.32 Å². The summed E-state index contributed by atoms with van der Waals surface area (Å²) in [5.41, 5.74) is 1.72. The van der Waals surface area contributed by atoms with Crippen molar-refractivity contribution in [3.8, 4) is 0 Å². The SMILES string of the molecule is CC(C)(CNC(=O)Cc1ccc(Br)cc1)c1ccc(F)cc1. The molecule has 0 saturated carbocycles. The molecule has 0 saturated heterocycles. The first-order valence-electron chi connectivity index (χ1n) is 7.14. The van der Waals surface area contributed by atoms with Crippen LogP contribution in [0.5, 0.6) is 0 Å². The minimum absolute atomic E-state index is 0.0162. The van der Waals surface area contributed by atoms with Crippen molar-refractivity contribution in [3.63, 3.8) is 0 Å². The predicted octanol–water partition coefficient (Wildman–Crippen LogP) is 4.22. The highest BCUT2D eigenvalue weighted by Gasteiger charge is 2.21. The molecule has 2 aromatic rings. The van der Waals surface area contributed by atoms with Crippen molar-refractivity contribution in [1.29, 1.82) is 0 Å². The van der Waals surface area contributed by atoms with Crippen molar-refractivity contribution in [2.45, 2.75) is 25.7 Å². The first-order chi connectivity index (χ1) is 10.4. The summed E-state index contributed by atoms with van der Waals surface area (Å²) in [4.78, 5) is 12.0. The van der Waals surface area contributed by atoms with Gasteiger partial charge in [0.25, 0.3) is 0 Å². The van der Waals surface area contributed by atoms with Crippen LogP contribution in [0.25, 0.3) is 0 Å². The molecule has 2 aromatic carbocycles. The van der Waals surface area contributed by atoms with Gasteiger partial charge >= 0.3 is 0 Å². The molecule has 0 radical (unpaired) electrons. The second-order valence-corrected chi connectivity index (χ2v) is 6.89. The van der Waals surface area contributed by atoms with E-state index in [0.29, 0.717) is 13.0 Å². The molecular weight excluding hydrogens is 345 g/mol. The summed E-state index contributed by atoms with van der Waals surface area (Å²) in [6.45, 7) is 4.56. The van der Waals surface area contributed by atoms with E-state index in [-0.39, 0.29) is 17.1 Å². The standard InChI is InChI=1S/C18H19BrFNO/c1-18(2,14-5-9-16(20)10-6-14)12-21-17(22)11-13-3-7-15(19)8-4-13/h3-10H,11-12H2,1-2H3,(H,21,22). The maximum atomic E-state index is 13.0. The lowest BCUT2D eigenvalue weighted by Gasteiger charge is -2.25. The van der Waals surface area contributed by atoms with Gasteiger partial charge in [0.05, 0.1) is 6.42 Å². The normalized spacial score (nSPS) is 11.3. The molecule has 4 heteroatoms. The molecule has 1 N–H and O–H groups in total. The predicted molar refractivity (Wildman–Crippen MR) is 90.3 cm³/mol. The van der Waals surface area contributed by atoms with Crippen LogP contribution in [-0.4, -0.2) is 12.5 Å². The molecule has 0 aliphatic heterocycles. The Bertz CT molecular complexity index is 635. The molecule has 1 amide bonds. The highest BCUT2D eigenvalue weighted by molar-refractivity contribution is 9.10. The summed E-state index contributed by atoms with van der Waals surface area (Å²) in [5.74, 6) is -0.267. The number of benzene rings is 2. The molecule has 0 atom stereocenters. The summed E-state index contributed by atoms with van der Waals surface area (Å²) < 4.78 is 14.0. The van der Waals surface area contributed by atoms with E-state index in [1.807, 2.05) is 38.1 Å². The van der Waals surface area contributed by atoms with Gasteiger partial charge in [0.1, 0.15) is 5.82 Å². The van der Waals surface area contributed by atoms with Gasteiger partial charge in [-0.15, -0.1) is 0 Å². The van der Waals surface area contributed by atoms with E-state index in [1.54, 1.807) is 12.1 Å². The van der Waals surface area contributed by atoms with E-state index >= 15 is 0 Å². The third-order valence-corrected chi connectivity index (χ3v) is 4.16. The van der Waals surface area contributed by atoms with Crippen molar-refractivity contribution >= 4 is 21.8 Å². The van der Waals surface area contributed by atoms with Crippen molar-refractivity contribution in [2.24, 2.45) is 0 Å². The number of hydrogen-bond donors (Lipinski definition) is 1. The maximum Gasteiger partial charge on any atom is 0.224 e. The Morgan fingerprint density at radius 1 is 1.09 bits per heavy atom. The van der Waals surface area contributed by atoms with Crippen LogP contribution in [0.2, 0.25) is 0 Å². The molecule has 0 fully saturated rings. The van der Waals surface area contributed by atoms with Gasteiger partial charge in [-0.05, 0) is 35.4 Å². The van der Waals surface area contributed by atoms with Crippen LogP contribution in [0.15, 0.2) is 53.0 Å². The first kappa shape index (κ1) is 16.7. The van der Waals surface area contributed by atoms with E-state index in [4.69, 9.17) is 0 Å². The van der Waals surface area contributed by atoms with Gasteiger partial charge in [0, 0.05) is 16.4 Å². The topological polar surface area (TPSA) is 29.1 Å². The number of halogens is 2. The van der Waals surface area contributed by atoms with E-state index < -0.39 is 0 Å². The first-order valence-corrected chi connectivity index (χ1v) is 7.93. The fourth-order valence-electron chi connectivity index (χ4n) is 2.17. The number of carbonyl (C=O) groups excluding carboxylic acids is 1. The van der Waals surface area contributed by atoms with Crippen molar-refractivity contribution in [2.75, 3.05) is 6.54 Å². The van der Waals surface area contributed by atoms with Crippen LogP contribution >= 0.6 is 15.9 Å². The highest BCUT2D eigenvalue weighted by atomic mass is 79.9. The molecule has 0 aliphatic rings. The molecule has 0 heterocycles. The fraction of sp³-hybridized carbons (Fsp3) is 0.278. The summed E-state index contributed by atoms with van der Waals surface area (Å²) in [6, 6.07) is 14.1. The third kappa shape index (κ3) is 4.67. The van der Waals surface area contributed by atoms with E-state index in [1.165, 1.54) is 12.1 Å². The zero-order valence-corrected chi connectivity index (χ0v) is 14.3. The lowest BCUT2D eigenvalue weighted by atomic mass is 9.84. The molecule has 0 unspecified atom stereocenters. The Morgan fingerprint density at radius 2 is 1.68 bits per heavy atom. The lowest BCUT2D eigenvalue weighted by Crippen LogP contribution is -2.37. The number of carbonyl (C=O) groups is 1. The minimum atomic E-state index is -0.251. The van der Waals surface area contributed by atoms with Crippen LogP contribution in [0.1, 0.15) is 25.0 Å². The summed E-state index contributed by atoms with van der Waals surface area (Å²) in [7, 11) is 0. The van der Waals surface area contributed by atoms with Gasteiger partial charge in [-0.3, -0.25) is 4.79 Å². The van der Waals surface area contributed by atoms with Gasteiger partial charge in [-0.1, -0.05) is 54.0 Å². The van der Waals surface area contributed by atoms with Crippen LogP contribution in [0.3, 0.4) is 0 Å². The number of hydrogen-bond acceptors (Lipinski definition) is 1. The number of rotatable bonds is 5. The van der Waals surface area contributed by atoms with E-state index in [0.717, 1.165) is 15.6 Å². The third-order valence-electron chi connectivity index (χ3n) is 3.63. The summed E-state index contributed by atoms with van der Waals surface area (Å²) in [5, 5.41) is 2.95. The van der Waals surface area contributed by atoms with Gasteiger partial charge in [-0.25, -0.2) is 4.39 Å². The second kappa shape index (κ2) is 7.05. The van der Waals surface area contributed by atoms with E-state index in [9.17, 15) is 9.18 Å². The Morgan fingerprint density at radius 3 is 2.27 bits per heavy atom. The zero-order valence-electron chi connectivity index (χ0n) is 12.7. The highest BCUT2D eigenvalue weighted by Crippen LogP contribution is 2.22. The molecular formula is C18H19BrFNO. The van der Waals surface area contributed by atoms with Crippen LogP contribution in [-0.2, 0) is 16.6 Å². The van der Waals surface area contributed by atoms with Gasteiger partial charge < -0.3 is 5.32 Å². The molecule has 0 aliphatic carbocycles. The van der Waals surface area contributed by atoms with Crippen molar-refractivity contribution < 1.29 is 9.18 Å². The fourth-order valence-corrected chi connectivity index (χ4v) is 2.44. The van der Waals surface area contributed by atoms with Crippen molar-refractivity contribution in [3.05, 3.63) is 69.9 Å². The molecule has 0 aromatic heterocycles. The average molecular weight is 364 g/mol. The lowest BCUT2D eigenvalue weighted by molar-refractivity contribution is -0.120. The number of nitrogens with one attached hydrogen (secondary N) is 1. The van der Waals surface area contributed by atoms with E-state index in [2.05, 4.69) is 21.2 Å². The van der Waals surface area contributed by atoms with Gasteiger partial charge in [-0.2, -0.15) is 0 Å². The Hall–Kier alpha value is -1.68.